The summed E-state index contributed by atoms with van der Waals surface area (Å²) in [5, 5.41) is 0. The lowest BCUT2D eigenvalue weighted by Gasteiger charge is -2.21. The molecule has 1 aliphatic rings. The fourth-order valence-corrected chi connectivity index (χ4v) is 3.56. The Labute approximate surface area is 124 Å². The van der Waals surface area contributed by atoms with Crippen LogP contribution in [0, 0.1) is 5.92 Å². The number of likely N-dealkylation sites (tertiary alicyclic amines) is 1. The normalized spacial score (nSPS) is 20.5. The van der Waals surface area contributed by atoms with Crippen LogP contribution in [0.1, 0.15) is 36.5 Å². The summed E-state index contributed by atoms with van der Waals surface area (Å²) < 4.78 is 23.1. The van der Waals surface area contributed by atoms with Crippen LogP contribution in [0.15, 0.2) is 29.2 Å². The summed E-state index contributed by atoms with van der Waals surface area (Å²) >= 11 is 0. The van der Waals surface area contributed by atoms with Crippen LogP contribution in [0.25, 0.3) is 0 Å². The van der Waals surface area contributed by atoms with Crippen molar-refractivity contribution in [2.75, 3.05) is 13.1 Å². The molecule has 1 heterocycles. The molecule has 0 spiro atoms. The third-order valence-corrected chi connectivity index (χ3v) is 5.06. The number of carbonyl (C=O) groups excluding carboxylic acids is 1. The molecule has 1 aromatic carbocycles. The van der Waals surface area contributed by atoms with Gasteiger partial charge in [-0.05, 0) is 37.3 Å². The van der Waals surface area contributed by atoms with Gasteiger partial charge in [-0.3, -0.25) is 4.79 Å². The highest BCUT2D eigenvalue weighted by atomic mass is 35.7. The summed E-state index contributed by atoms with van der Waals surface area (Å²) in [6, 6.07) is 6.11. The number of carbonyl (C=O) groups is 1. The largest absolute Gasteiger partial charge is 0.339 e. The molecule has 1 aliphatic heterocycles. The number of hydrogen-bond acceptors (Lipinski definition) is 3. The van der Waals surface area contributed by atoms with Crippen LogP contribution >= 0.6 is 10.7 Å². The molecule has 6 heteroatoms. The zero-order valence-electron chi connectivity index (χ0n) is 11.4. The lowest BCUT2D eigenvalue weighted by atomic mass is 10.0. The molecule has 1 aromatic rings. The van der Waals surface area contributed by atoms with Gasteiger partial charge in [-0.1, -0.05) is 19.1 Å². The van der Waals surface area contributed by atoms with E-state index in [1.54, 1.807) is 17.0 Å². The van der Waals surface area contributed by atoms with Gasteiger partial charge in [0.05, 0.1) is 10.5 Å². The Hall–Kier alpha value is -1.07. The molecule has 0 saturated carbocycles. The number of rotatable bonds is 2. The van der Waals surface area contributed by atoms with Crippen LogP contribution in [0.4, 0.5) is 0 Å². The van der Waals surface area contributed by atoms with E-state index in [-0.39, 0.29) is 16.4 Å². The van der Waals surface area contributed by atoms with E-state index in [0.717, 1.165) is 19.3 Å². The van der Waals surface area contributed by atoms with E-state index in [0.29, 0.717) is 19.0 Å². The summed E-state index contributed by atoms with van der Waals surface area (Å²) in [5.41, 5.74) is 0.164. The van der Waals surface area contributed by atoms with E-state index in [1.807, 2.05) is 0 Å². The third kappa shape index (κ3) is 3.52. The molecule has 1 saturated heterocycles. The maximum absolute atomic E-state index is 12.5. The minimum atomic E-state index is -3.91. The van der Waals surface area contributed by atoms with Crippen molar-refractivity contribution in [2.24, 2.45) is 5.92 Å². The monoisotopic (exact) mass is 315 g/mol. The zero-order valence-corrected chi connectivity index (χ0v) is 13.0. The average Bonchev–Trinajstić information content (AvgIpc) is 2.62. The summed E-state index contributed by atoms with van der Waals surface area (Å²) in [6.45, 7) is 3.50. The van der Waals surface area contributed by atoms with Crippen molar-refractivity contribution in [3.8, 4) is 0 Å². The molecule has 1 fully saturated rings. The highest BCUT2D eigenvalue weighted by molar-refractivity contribution is 8.13. The lowest BCUT2D eigenvalue weighted by Crippen LogP contribution is -2.32. The first kappa shape index (κ1) is 15.3. The fraction of sp³-hybridized carbons (Fsp3) is 0.500. The zero-order chi connectivity index (χ0) is 14.8. The standard InChI is InChI=1S/C14H18ClNO3S/c1-11-5-4-9-16(10-8-11)14(17)12-6-2-3-7-13(12)20(15,18)19/h2-3,6-7,11H,4-5,8-10H2,1H3. The summed E-state index contributed by atoms with van der Waals surface area (Å²) in [4.78, 5) is 14.1. The average molecular weight is 316 g/mol. The maximum atomic E-state index is 12.5. The van der Waals surface area contributed by atoms with Gasteiger partial charge in [-0.2, -0.15) is 0 Å². The summed E-state index contributed by atoms with van der Waals surface area (Å²) in [7, 11) is 1.49. The number of amides is 1. The van der Waals surface area contributed by atoms with Crippen molar-refractivity contribution in [1.29, 1.82) is 0 Å². The van der Waals surface area contributed by atoms with Gasteiger partial charge in [-0.15, -0.1) is 0 Å². The van der Waals surface area contributed by atoms with Crippen molar-refractivity contribution in [3.63, 3.8) is 0 Å². The Balaban J connectivity index is 2.30. The molecule has 110 valence electrons. The first-order valence-corrected chi connectivity index (χ1v) is 9.03. The van der Waals surface area contributed by atoms with Crippen molar-refractivity contribution >= 4 is 25.6 Å². The third-order valence-electron chi connectivity index (χ3n) is 3.68. The first-order chi connectivity index (χ1) is 9.39. The molecule has 1 amide bonds. The molecular weight excluding hydrogens is 298 g/mol. The second-order valence-corrected chi connectivity index (χ2v) is 7.80. The Morgan fingerprint density at radius 2 is 1.95 bits per heavy atom. The van der Waals surface area contributed by atoms with E-state index in [9.17, 15) is 13.2 Å². The molecule has 0 bridgehead atoms. The first-order valence-electron chi connectivity index (χ1n) is 6.72. The van der Waals surface area contributed by atoms with E-state index >= 15 is 0 Å². The van der Waals surface area contributed by atoms with Crippen LogP contribution in [-0.4, -0.2) is 32.3 Å². The van der Waals surface area contributed by atoms with Crippen LogP contribution < -0.4 is 0 Å². The second-order valence-electron chi connectivity index (χ2n) is 5.26. The number of nitrogens with zero attached hydrogens (tertiary/aromatic N) is 1. The molecule has 1 atom stereocenters. The van der Waals surface area contributed by atoms with Gasteiger partial charge in [0.2, 0.25) is 0 Å². The number of halogens is 1. The maximum Gasteiger partial charge on any atom is 0.262 e. The number of hydrogen-bond donors (Lipinski definition) is 0. The van der Waals surface area contributed by atoms with Crippen molar-refractivity contribution < 1.29 is 13.2 Å². The quantitative estimate of drug-likeness (QED) is 0.789. The predicted molar refractivity (Wildman–Crippen MR) is 78.4 cm³/mol. The molecule has 2 rings (SSSR count). The molecule has 0 radical (unpaired) electrons. The van der Waals surface area contributed by atoms with Crippen LogP contribution in [-0.2, 0) is 9.05 Å². The van der Waals surface area contributed by atoms with E-state index < -0.39 is 9.05 Å². The summed E-state index contributed by atoms with van der Waals surface area (Å²) in [5.74, 6) is 0.346. The molecule has 4 nitrogen and oxygen atoms in total. The molecule has 1 unspecified atom stereocenters. The second kappa shape index (κ2) is 6.14. The van der Waals surface area contributed by atoms with E-state index in [2.05, 4.69) is 6.92 Å². The minimum absolute atomic E-state index is 0.107. The predicted octanol–water partition coefficient (Wildman–Crippen LogP) is 2.88. The SMILES string of the molecule is CC1CCCN(C(=O)c2ccccc2S(=O)(=O)Cl)CC1. The van der Waals surface area contributed by atoms with Crippen molar-refractivity contribution in [2.45, 2.75) is 31.1 Å². The molecule has 20 heavy (non-hydrogen) atoms. The number of benzene rings is 1. The van der Waals surface area contributed by atoms with Gasteiger partial charge in [0.15, 0.2) is 0 Å². The molecular formula is C14H18ClNO3S. The van der Waals surface area contributed by atoms with Crippen molar-refractivity contribution in [3.05, 3.63) is 29.8 Å². The van der Waals surface area contributed by atoms with Crippen LogP contribution in [0.3, 0.4) is 0 Å². The highest BCUT2D eigenvalue weighted by Gasteiger charge is 2.25. The highest BCUT2D eigenvalue weighted by Crippen LogP contribution is 2.23. The van der Waals surface area contributed by atoms with Gasteiger partial charge in [0.25, 0.3) is 15.0 Å². The lowest BCUT2D eigenvalue weighted by molar-refractivity contribution is 0.0756. The van der Waals surface area contributed by atoms with Gasteiger partial charge in [0, 0.05) is 23.8 Å². The molecule has 0 aromatic heterocycles. The van der Waals surface area contributed by atoms with Gasteiger partial charge in [-0.25, -0.2) is 8.42 Å². The smallest absolute Gasteiger partial charge is 0.262 e. The van der Waals surface area contributed by atoms with Crippen molar-refractivity contribution in [1.82, 2.24) is 4.90 Å². The van der Waals surface area contributed by atoms with E-state index in [1.165, 1.54) is 12.1 Å². The van der Waals surface area contributed by atoms with Gasteiger partial charge < -0.3 is 4.90 Å². The van der Waals surface area contributed by atoms with Crippen LogP contribution in [0.5, 0.6) is 0 Å². The Kier molecular flexibility index (Phi) is 4.70. The Morgan fingerprint density at radius 3 is 2.65 bits per heavy atom. The molecule has 0 N–H and O–H groups in total. The fourth-order valence-electron chi connectivity index (χ4n) is 2.49. The Bertz CT molecular complexity index is 600. The van der Waals surface area contributed by atoms with Gasteiger partial charge in [0.1, 0.15) is 0 Å². The van der Waals surface area contributed by atoms with Crippen LogP contribution in [0.2, 0.25) is 0 Å². The Morgan fingerprint density at radius 1 is 1.25 bits per heavy atom. The topological polar surface area (TPSA) is 54.5 Å². The van der Waals surface area contributed by atoms with E-state index in [4.69, 9.17) is 10.7 Å². The minimum Gasteiger partial charge on any atom is -0.339 e. The molecule has 0 aliphatic carbocycles. The summed E-state index contributed by atoms with van der Waals surface area (Å²) in [6.07, 6.45) is 2.99. The van der Waals surface area contributed by atoms with Gasteiger partial charge >= 0.3 is 0 Å².